The lowest BCUT2D eigenvalue weighted by atomic mass is 10.2. The third-order valence-electron chi connectivity index (χ3n) is 3.43. The van der Waals surface area contributed by atoms with E-state index in [1.807, 2.05) is 24.3 Å². The minimum absolute atomic E-state index is 0.00720. The summed E-state index contributed by atoms with van der Waals surface area (Å²) in [4.78, 5) is 0. The Balaban J connectivity index is 1.55. The maximum atomic E-state index is 11.5. The van der Waals surface area contributed by atoms with Crippen LogP contribution in [0, 0.1) is 0 Å². The number of hydrogen-bond acceptors (Lipinski definition) is 9. The molecule has 130 valence electrons. The monoisotopic (exact) mass is 404 g/mol. The Morgan fingerprint density at radius 1 is 1.25 bits per heavy atom. The molecule has 1 N–H and O–H groups in total. The van der Waals surface area contributed by atoms with E-state index in [1.165, 1.54) is 23.1 Å². The van der Waals surface area contributed by atoms with Crippen LogP contribution in [0.3, 0.4) is 0 Å². The fraction of sp³-hybridized carbons (Fsp3) is 0.429. The molecule has 6 nitrogen and oxygen atoms in total. The summed E-state index contributed by atoms with van der Waals surface area (Å²) in [6.07, 6.45) is -0.834. The highest BCUT2D eigenvalue weighted by Gasteiger charge is 2.37. The third kappa shape index (κ3) is 4.63. The Kier molecular flexibility index (Phi) is 5.70. The van der Waals surface area contributed by atoms with Crippen LogP contribution in [-0.2, 0) is 15.6 Å². The molecular formula is C14H16N2O4S4. The maximum absolute atomic E-state index is 11.5. The van der Waals surface area contributed by atoms with Crippen LogP contribution in [0.1, 0.15) is 5.56 Å². The van der Waals surface area contributed by atoms with Gasteiger partial charge >= 0.3 is 0 Å². The van der Waals surface area contributed by atoms with E-state index in [4.69, 9.17) is 4.74 Å². The molecule has 1 aliphatic heterocycles. The van der Waals surface area contributed by atoms with E-state index in [9.17, 15) is 13.5 Å². The molecule has 0 bridgehead atoms. The number of nitrogens with zero attached hydrogens (tertiary/aromatic N) is 2. The van der Waals surface area contributed by atoms with Gasteiger partial charge in [-0.3, -0.25) is 0 Å². The molecule has 2 atom stereocenters. The van der Waals surface area contributed by atoms with Crippen molar-refractivity contribution in [2.24, 2.45) is 0 Å². The van der Waals surface area contributed by atoms with Gasteiger partial charge in [-0.1, -0.05) is 47.0 Å². The van der Waals surface area contributed by atoms with E-state index in [-0.39, 0.29) is 16.8 Å². The summed E-state index contributed by atoms with van der Waals surface area (Å²) in [6, 6.07) is 7.84. The van der Waals surface area contributed by atoms with Gasteiger partial charge in [0.05, 0.1) is 30.0 Å². The van der Waals surface area contributed by atoms with Crippen LogP contribution in [-0.4, -0.2) is 53.7 Å². The minimum atomic E-state index is -3.14. The molecular weight excluding hydrogens is 388 g/mol. The molecule has 10 heteroatoms. The molecule has 1 saturated heterocycles. The molecule has 2 heterocycles. The standard InChI is InChI=1S/C14H16N2O4S4/c1-20-10-4-2-9(3-5-10)6-21-13-15-16-14(23-13)22-12-8-24(18,19)7-11(12)17/h2-5,11-12,17H,6-8H2,1H3/t11-,12+/m1/s1. The zero-order chi connectivity index (χ0) is 17.2. The fourth-order valence-corrected chi connectivity index (χ4v) is 7.94. The number of methoxy groups -OCH3 is 1. The van der Waals surface area contributed by atoms with Gasteiger partial charge < -0.3 is 9.84 Å². The maximum Gasteiger partial charge on any atom is 0.175 e. The molecule has 0 spiro atoms. The van der Waals surface area contributed by atoms with Gasteiger partial charge in [-0.2, -0.15) is 0 Å². The highest BCUT2D eigenvalue weighted by atomic mass is 32.2. The molecule has 0 saturated carbocycles. The first-order chi connectivity index (χ1) is 11.4. The lowest BCUT2D eigenvalue weighted by molar-refractivity contribution is 0.207. The lowest BCUT2D eigenvalue weighted by Crippen LogP contribution is -2.19. The van der Waals surface area contributed by atoms with E-state index in [0.717, 1.165) is 21.4 Å². The highest BCUT2D eigenvalue weighted by molar-refractivity contribution is 8.04. The predicted octanol–water partition coefficient (Wildman–Crippen LogP) is 2.09. The van der Waals surface area contributed by atoms with E-state index >= 15 is 0 Å². The second kappa shape index (κ2) is 7.61. The quantitative estimate of drug-likeness (QED) is 0.732. The smallest absolute Gasteiger partial charge is 0.175 e. The summed E-state index contributed by atoms with van der Waals surface area (Å²) in [6.45, 7) is 0. The van der Waals surface area contributed by atoms with Crippen LogP contribution in [0.4, 0.5) is 0 Å². The van der Waals surface area contributed by atoms with Crippen molar-refractivity contribution in [3.63, 3.8) is 0 Å². The summed E-state index contributed by atoms with van der Waals surface area (Å²) in [5, 5.41) is 17.7. The minimum Gasteiger partial charge on any atom is -0.497 e. The van der Waals surface area contributed by atoms with Gasteiger partial charge in [0.15, 0.2) is 18.5 Å². The van der Waals surface area contributed by atoms with Crippen molar-refractivity contribution in [3.8, 4) is 5.75 Å². The summed E-state index contributed by atoms with van der Waals surface area (Å²) in [5.41, 5.74) is 1.16. The van der Waals surface area contributed by atoms with Gasteiger partial charge in [-0.15, -0.1) is 10.2 Å². The van der Waals surface area contributed by atoms with Crippen LogP contribution in [0.15, 0.2) is 32.9 Å². The van der Waals surface area contributed by atoms with Crippen molar-refractivity contribution >= 4 is 44.7 Å². The third-order valence-corrected chi connectivity index (χ3v) is 8.89. The summed E-state index contributed by atoms with van der Waals surface area (Å²) < 4.78 is 29.7. The molecule has 0 radical (unpaired) electrons. The van der Waals surface area contributed by atoms with Crippen molar-refractivity contribution in [2.45, 2.75) is 25.8 Å². The van der Waals surface area contributed by atoms with Crippen molar-refractivity contribution in [1.82, 2.24) is 10.2 Å². The normalized spacial score (nSPS) is 22.6. The molecule has 24 heavy (non-hydrogen) atoms. The van der Waals surface area contributed by atoms with Crippen molar-refractivity contribution < 1.29 is 18.3 Å². The second-order valence-electron chi connectivity index (χ2n) is 5.27. The highest BCUT2D eigenvalue weighted by Crippen LogP contribution is 2.36. The molecule has 1 fully saturated rings. The number of sulfone groups is 1. The number of thioether (sulfide) groups is 2. The topological polar surface area (TPSA) is 89.4 Å². The second-order valence-corrected chi connectivity index (χ2v) is 11.1. The van der Waals surface area contributed by atoms with Gasteiger partial charge in [-0.05, 0) is 17.7 Å². The van der Waals surface area contributed by atoms with Gasteiger partial charge in [0.25, 0.3) is 0 Å². The SMILES string of the molecule is COc1ccc(CSc2nnc(S[C@H]3CS(=O)(=O)C[C@H]3O)s2)cc1. The Morgan fingerprint density at radius 2 is 1.96 bits per heavy atom. The number of aromatic nitrogens is 2. The molecule has 3 rings (SSSR count). The summed E-state index contributed by atoms with van der Waals surface area (Å²) in [5.74, 6) is 1.42. The molecule has 1 aromatic carbocycles. The number of benzene rings is 1. The Morgan fingerprint density at radius 3 is 2.58 bits per heavy atom. The number of aliphatic hydroxyl groups is 1. The van der Waals surface area contributed by atoms with Crippen LogP contribution in [0.2, 0.25) is 0 Å². The molecule has 0 unspecified atom stereocenters. The van der Waals surface area contributed by atoms with Crippen LogP contribution in [0.5, 0.6) is 5.75 Å². The van der Waals surface area contributed by atoms with Gasteiger partial charge in [0.1, 0.15) is 5.75 Å². The fourth-order valence-electron chi connectivity index (χ4n) is 2.21. The molecule has 1 aliphatic rings. The number of hydrogen-bond donors (Lipinski definition) is 1. The zero-order valence-corrected chi connectivity index (χ0v) is 16.1. The van der Waals surface area contributed by atoms with Crippen LogP contribution in [0.25, 0.3) is 0 Å². The van der Waals surface area contributed by atoms with Crippen molar-refractivity contribution in [2.75, 3.05) is 18.6 Å². The van der Waals surface area contributed by atoms with E-state index in [2.05, 4.69) is 10.2 Å². The average Bonchev–Trinajstić information content (AvgIpc) is 3.09. The molecule has 2 aromatic rings. The van der Waals surface area contributed by atoms with Gasteiger partial charge in [0.2, 0.25) is 0 Å². The first-order valence-corrected chi connectivity index (χ1v) is 11.6. The average molecular weight is 405 g/mol. The lowest BCUT2D eigenvalue weighted by Gasteiger charge is -2.08. The van der Waals surface area contributed by atoms with E-state index in [0.29, 0.717) is 4.34 Å². The zero-order valence-electron chi connectivity index (χ0n) is 12.8. The number of aliphatic hydroxyl groups excluding tert-OH is 1. The van der Waals surface area contributed by atoms with Gasteiger partial charge in [0, 0.05) is 5.75 Å². The Labute approximate surface area is 152 Å². The first-order valence-electron chi connectivity index (χ1n) is 7.09. The van der Waals surface area contributed by atoms with Crippen LogP contribution < -0.4 is 4.74 Å². The predicted molar refractivity (Wildman–Crippen MR) is 96.8 cm³/mol. The summed E-state index contributed by atoms with van der Waals surface area (Å²) >= 11 is 4.29. The first kappa shape index (κ1) is 18.0. The van der Waals surface area contributed by atoms with E-state index in [1.54, 1.807) is 18.9 Å². The Bertz CT molecular complexity index is 791. The van der Waals surface area contributed by atoms with Crippen LogP contribution >= 0.6 is 34.9 Å². The van der Waals surface area contributed by atoms with Gasteiger partial charge in [-0.25, -0.2) is 8.42 Å². The molecule has 0 aliphatic carbocycles. The molecule has 0 amide bonds. The van der Waals surface area contributed by atoms with Crippen molar-refractivity contribution in [3.05, 3.63) is 29.8 Å². The number of ether oxygens (including phenoxy) is 1. The van der Waals surface area contributed by atoms with E-state index < -0.39 is 15.9 Å². The molecule has 1 aromatic heterocycles. The summed E-state index contributed by atoms with van der Waals surface area (Å²) in [7, 11) is -1.50. The van der Waals surface area contributed by atoms with Crippen molar-refractivity contribution in [1.29, 1.82) is 0 Å². The largest absolute Gasteiger partial charge is 0.497 e. The number of rotatable bonds is 6. The Hall–Kier alpha value is -0.810.